The van der Waals surface area contributed by atoms with Crippen LogP contribution in [0.2, 0.25) is 0 Å². The van der Waals surface area contributed by atoms with E-state index >= 15 is 0 Å². The summed E-state index contributed by atoms with van der Waals surface area (Å²) in [4.78, 5) is 11.3. The second-order valence-corrected chi connectivity index (χ2v) is 6.85. The van der Waals surface area contributed by atoms with Gasteiger partial charge < -0.3 is 4.74 Å². The van der Waals surface area contributed by atoms with E-state index in [-0.39, 0.29) is 12.1 Å². The lowest BCUT2D eigenvalue weighted by Gasteiger charge is -2.05. The van der Waals surface area contributed by atoms with Crippen LogP contribution in [-0.4, -0.2) is 12.1 Å². The molecule has 152 valence electrons. The molecule has 0 saturated heterocycles. The summed E-state index contributed by atoms with van der Waals surface area (Å²) in [6, 6.07) is 0. The summed E-state index contributed by atoms with van der Waals surface area (Å²) in [5.74, 6) is -0.123. The zero-order valence-corrected chi connectivity index (χ0v) is 17.7. The van der Waals surface area contributed by atoms with E-state index in [4.69, 9.17) is 4.74 Å². The molecule has 0 aliphatic carbocycles. The fourth-order valence-corrected chi connectivity index (χ4v) is 2.38. The first-order chi connectivity index (χ1) is 13.2. The molecule has 27 heavy (non-hydrogen) atoms. The van der Waals surface area contributed by atoms with E-state index in [1.54, 1.807) is 0 Å². The molecule has 0 fully saturated rings. The van der Waals surface area contributed by atoms with E-state index in [1.165, 1.54) is 25.7 Å². The van der Waals surface area contributed by atoms with Crippen molar-refractivity contribution < 1.29 is 9.53 Å². The van der Waals surface area contributed by atoms with Gasteiger partial charge in [0.15, 0.2) is 0 Å². The van der Waals surface area contributed by atoms with Crippen LogP contribution in [0, 0.1) is 0 Å². The molecule has 0 N–H and O–H groups in total. The molecule has 0 unspecified atom stereocenters. The van der Waals surface area contributed by atoms with Gasteiger partial charge in [-0.2, -0.15) is 0 Å². The molecule has 0 spiro atoms. The van der Waals surface area contributed by atoms with Crippen molar-refractivity contribution in [3.63, 3.8) is 0 Å². The van der Waals surface area contributed by atoms with E-state index in [0.29, 0.717) is 6.42 Å². The van der Waals surface area contributed by atoms with Gasteiger partial charge in [0.05, 0.1) is 6.10 Å². The molecule has 0 aromatic carbocycles. The SMILES string of the molecule is CCC=CCCCCC=CCC=CCCC=CC=CCCC(=O)OC(C)C. The zero-order valence-electron chi connectivity index (χ0n) is 17.7. The van der Waals surface area contributed by atoms with Gasteiger partial charge in [0.2, 0.25) is 0 Å². The van der Waals surface area contributed by atoms with Gasteiger partial charge in [-0.15, -0.1) is 0 Å². The molecule has 0 radical (unpaired) electrons. The number of unbranched alkanes of at least 4 members (excludes halogenated alkanes) is 4. The third kappa shape index (κ3) is 22.1. The van der Waals surface area contributed by atoms with Crippen molar-refractivity contribution in [2.24, 2.45) is 0 Å². The predicted octanol–water partition coefficient (Wildman–Crippen LogP) is 7.64. The fraction of sp³-hybridized carbons (Fsp3) is 0.560. The van der Waals surface area contributed by atoms with Crippen molar-refractivity contribution >= 4 is 5.97 Å². The monoisotopic (exact) mass is 372 g/mol. The van der Waals surface area contributed by atoms with Crippen LogP contribution in [0.15, 0.2) is 60.8 Å². The number of esters is 1. The van der Waals surface area contributed by atoms with Gasteiger partial charge in [-0.05, 0) is 71.6 Å². The maximum atomic E-state index is 11.3. The maximum absolute atomic E-state index is 11.3. The van der Waals surface area contributed by atoms with Crippen LogP contribution in [0.5, 0.6) is 0 Å². The van der Waals surface area contributed by atoms with E-state index in [0.717, 1.165) is 32.1 Å². The number of ether oxygens (including phenoxy) is 1. The summed E-state index contributed by atoms with van der Waals surface area (Å²) in [7, 11) is 0. The van der Waals surface area contributed by atoms with Crippen molar-refractivity contribution in [3.05, 3.63) is 60.8 Å². The Balaban J connectivity index is 3.49. The third-order valence-electron chi connectivity index (χ3n) is 3.77. The standard InChI is InChI=1S/C25H40O2/c1-4-5-6-7-8-9-10-11-12-13-14-15-16-17-18-19-20-21-22-23-25(26)27-24(2)3/h5-6,11-12,14-15,18-21,24H,4,7-10,13,16-17,22-23H2,1-3H3. The van der Waals surface area contributed by atoms with Crippen LogP contribution in [0.1, 0.15) is 85.0 Å². The minimum atomic E-state index is -0.123. The first-order valence-corrected chi connectivity index (χ1v) is 10.6. The lowest BCUT2D eigenvalue weighted by molar-refractivity contribution is -0.147. The zero-order chi connectivity index (χ0) is 20.0. The summed E-state index contributed by atoms with van der Waals surface area (Å²) in [6.45, 7) is 5.92. The van der Waals surface area contributed by atoms with Crippen molar-refractivity contribution in [2.45, 2.75) is 91.1 Å². The summed E-state index contributed by atoms with van der Waals surface area (Å²) < 4.78 is 5.08. The van der Waals surface area contributed by atoms with Crippen LogP contribution in [0.25, 0.3) is 0 Å². The lowest BCUT2D eigenvalue weighted by atomic mass is 10.1. The minimum absolute atomic E-state index is 0.0251. The van der Waals surface area contributed by atoms with Gasteiger partial charge in [0.25, 0.3) is 0 Å². The Morgan fingerprint density at radius 1 is 0.741 bits per heavy atom. The van der Waals surface area contributed by atoms with Crippen molar-refractivity contribution in [1.29, 1.82) is 0 Å². The van der Waals surface area contributed by atoms with Gasteiger partial charge in [0.1, 0.15) is 0 Å². The highest BCUT2D eigenvalue weighted by Gasteiger charge is 2.02. The molecule has 0 amide bonds. The van der Waals surface area contributed by atoms with Gasteiger partial charge in [0, 0.05) is 6.42 Å². The minimum Gasteiger partial charge on any atom is -0.463 e. The van der Waals surface area contributed by atoms with Crippen LogP contribution < -0.4 is 0 Å². The molecule has 0 aromatic heterocycles. The van der Waals surface area contributed by atoms with Crippen LogP contribution in [0.4, 0.5) is 0 Å². The van der Waals surface area contributed by atoms with E-state index in [1.807, 2.05) is 26.0 Å². The Labute approximate surface area is 167 Å². The first kappa shape index (κ1) is 25.2. The quantitative estimate of drug-likeness (QED) is 0.120. The molecule has 0 heterocycles. The van der Waals surface area contributed by atoms with Gasteiger partial charge in [-0.25, -0.2) is 0 Å². The van der Waals surface area contributed by atoms with Gasteiger partial charge >= 0.3 is 5.97 Å². The largest absolute Gasteiger partial charge is 0.463 e. The number of hydrogen-bond acceptors (Lipinski definition) is 2. The maximum Gasteiger partial charge on any atom is 0.306 e. The summed E-state index contributed by atoms with van der Waals surface area (Å²) in [5.41, 5.74) is 0. The molecule has 0 aliphatic rings. The first-order valence-electron chi connectivity index (χ1n) is 10.6. The number of rotatable bonds is 16. The van der Waals surface area contributed by atoms with Gasteiger partial charge in [-0.3, -0.25) is 4.79 Å². The molecule has 0 saturated carbocycles. The Hall–Kier alpha value is -1.83. The summed E-state index contributed by atoms with van der Waals surface area (Å²) in [5, 5.41) is 0. The number of carbonyl (C=O) groups excluding carboxylic acids is 1. The van der Waals surface area contributed by atoms with Crippen LogP contribution in [-0.2, 0) is 9.53 Å². The Kier molecular flexibility index (Phi) is 19.1. The van der Waals surface area contributed by atoms with E-state index < -0.39 is 0 Å². The van der Waals surface area contributed by atoms with Crippen molar-refractivity contribution in [1.82, 2.24) is 0 Å². The normalized spacial score (nSPS) is 12.7. The Morgan fingerprint density at radius 3 is 1.93 bits per heavy atom. The van der Waals surface area contributed by atoms with Crippen LogP contribution >= 0.6 is 0 Å². The molecular weight excluding hydrogens is 332 g/mol. The molecular formula is C25H40O2. The molecule has 0 aliphatic heterocycles. The Morgan fingerprint density at radius 2 is 1.30 bits per heavy atom. The summed E-state index contributed by atoms with van der Waals surface area (Å²) >= 11 is 0. The fourth-order valence-electron chi connectivity index (χ4n) is 2.38. The Bertz CT molecular complexity index is 479. The highest BCUT2D eigenvalue weighted by atomic mass is 16.5. The third-order valence-corrected chi connectivity index (χ3v) is 3.77. The number of hydrogen-bond donors (Lipinski definition) is 0. The molecule has 0 atom stereocenters. The second-order valence-electron chi connectivity index (χ2n) is 6.85. The predicted molar refractivity (Wildman–Crippen MR) is 119 cm³/mol. The highest BCUT2D eigenvalue weighted by molar-refractivity contribution is 5.69. The molecule has 2 heteroatoms. The van der Waals surface area contributed by atoms with Crippen LogP contribution in [0.3, 0.4) is 0 Å². The molecule has 0 aromatic rings. The second kappa shape index (κ2) is 20.5. The van der Waals surface area contributed by atoms with E-state index in [2.05, 4.69) is 55.5 Å². The lowest BCUT2D eigenvalue weighted by Crippen LogP contribution is -2.10. The molecule has 0 bridgehead atoms. The summed E-state index contributed by atoms with van der Waals surface area (Å²) in [6.07, 6.45) is 32.3. The number of allylic oxidation sites excluding steroid dienone is 10. The molecule has 0 rings (SSSR count). The average Bonchev–Trinajstić information content (AvgIpc) is 2.63. The van der Waals surface area contributed by atoms with E-state index in [9.17, 15) is 4.79 Å². The smallest absolute Gasteiger partial charge is 0.306 e. The molecule has 2 nitrogen and oxygen atoms in total. The van der Waals surface area contributed by atoms with Crippen molar-refractivity contribution in [2.75, 3.05) is 0 Å². The topological polar surface area (TPSA) is 26.3 Å². The number of carbonyl (C=O) groups is 1. The van der Waals surface area contributed by atoms with Gasteiger partial charge in [-0.1, -0.05) is 67.7 Å². The van der Waals surface area contributed by atoms with Crippen molar-refractivity contribution in [3.8, 4) is 0 Å². The average molecular weight is 373 g/mol. The highest BCUT2D eigenvalue weighted by Crippen LogP contribution is 2.03.